The molecule has 1 N–H and O–H groups in total. The SMILES string of the molecule is COc1ccccc1NC(C#N)c1ccccc1Cl. The Kier molecular flexibility index (Phi) is 4.27. The van der Waals surface area contributed by atoms with Crippen LogP contribution in [0.25, 0.3) is 0 Å². The summed E-state index contributed by atoms with van der Waals surface area (Å²) in [5.74, 6) is 0.690. The molecule has 0 spiro atoms. The van der Waals surface area contributed by atoms with Gasteiger partial charge in [0.15, 0.2) is 0 Å². The maximum atomic E-state index is 9.32. The van der Waals surface area contributed by atoms with E-state index in [1.807, 2.05) is 42.5 Å². The number of hydrogen-bond donors (Lipinski definition) is 1. The fraction of sp³-hybridized carbons (Fsp3) is 0.133. The molecule has 19 heavy (non-hydrogen) atoms. The average molecular weight is 273 g/mol. The first-order chi connectivity index (χ1) is 9.26. The van der Waals surface area contributed by atoms with Crippen molar-refractivity contribution < 1.29 is 4.74 Å². The topological polar surface area (TPSA) is 45.0 Å². The van der Waals surface area contributed by atoms with Crippen LogP contribution in [0.4, 0.5) is 5.69 Å². The van der Waals surface area contributed by atoms with Crippen LogP contribution in [0.2, 0.25) is 5.02 Å². The van der Waals surface area contributed by atoms with Gasteiger partial charge in [0.2, 0.25) is 0 Å². The molecular weight excluding hydrogens is 260 g/mol. The van der Waals surface area contributed by atoms with Crippen molar-refractivity contribution in [2.75, 3.05) is 12.4 Å². The summed E-state index contributed by atoms with van der Waals surface area (Å²) in [6.07, 6.45) is 0. The van der Waals surface area contributed by atoms with E-state index in [2.05, 4.69) is 11.4 Å². The number of hydrogen-bond acceptors (Lipinski definition) is 3. The van der Waals surface area contributed by atoms with Crippen molar-refractivity contribution in [1.82, 2.24) is 0 Å². The summed E-state index contributed by atoms with van der Waals surface area (Å²) in [7, 11) is 1.59. The standard InChI is InChI=1S/C15H13ClN2O/c1-19-15-9-5-4-8-13(15)18-14(10-17)11-6-2-3-7-12(11)16/h2-9,14,18H,1H3. The van der Waals surface area contributed by atoms with Crippen LogP contribution in [0.3, 0.4) is 0 Å². The van der Waals surface area contributed by atoms with E-state index in [1.54, 1.807) is 13.2 Å². The van der Waals surface area contributed by atoms with Crippen LogP contribution < -0.4 is 10.1 Å². The minimum Gasteiger partial charge on any atom is -0.495 e. The lowest BCUT2D eigenvalue weighted by atomic mass is 10.1. The van der Waals surface area contributed by atoms with Crippen LogP contribution in [0.1, 0.15) is 11.6 Å². The fourth-order valence-electron chi connectivity index (χ4n) is 1.81. The highest BCUT2D eigenvalue weighted by Crippen LogP contribution is 2.30. The molecule has 0 aliphatic rings. The lowest BCUT2D eigenvalue weighted by Gasteiger charge is -2.16. The van der Waals surface area contributed by atoms with Gasteiger partial charge in [0.05, 0.1) is 18.9 Å². The number of ether oxygens (including phenoxy) is 1. The number of halogens is 1. The maximum Gasteiger partial charge on any atom is 0.141 e. The number of nitrogens with one attached hydrogen (secondary N) is 1. The van der Waals surface area contributed by atoms with Gasteiger partial charge in [-0.15, -0.1) is 0 Å². The molecule has 0 aliphatic carbocycles. The first-order valence-electron chi connectivity index (χ1n) is 5.80. The van der Waals surface area contributed by atoms with E-state index in [1.165, 1.54) is 0 Å². The van der Waals surface area contributed by atoms with E-state index in [4.69, 9.17) is 16.3 Å². The normalized spacial score (nSPS) is 11.4. The molecule has 1 atom stereocenters. The molecule has 0 saturated heterocycles. The van der Waals surface area contributed by atoms with E-state index >= 15 is 0 Å². The zero-order valence-corrected chi connectivity index (χ0v) is 11.2. The summed E-state index contributed by atoms with van der Waals surface area (Å²) in [5.41, 5.74) is 1.51. The number of benzene rings is 2. The van der Waals surface area contributed by atoms with Gasteiger partial charge >= 0.3 is 0 Å². The first-order valence-corrected chi connectivity index (χ1v) is 6.17. The molecule has 2 rings (SSSR count). The number of methoxy groups -OCH3 is 1. The lowest BCUT2D eigenvalue weighted by Crippen LogP contribution is -2.09. The van der Waals surface area contributed by atoms with Crippen molar-refractivity contribution in [3.63, 3.8) is 0 Å². The number of para-hydroxylation sites is 2. The molecule has 4 heteroatoms. The summed E-state index contributed by atoms with van der Waals surface area (Å²) in [6.45, 7) is 0. The molecule has 0 bridgehead atoms. The summed E-state index contributed by atoms with van der Waals surface area (Å²) in [6, 6.07) is 16.4. The molecule has 0 amide bonds. The molecule has 0 aromatic heterocycles. The third kappa shape index (κ3) is 2.98. The molecule has 0 aliphatic heterocycles. The molecule has 1 unspecified atom stereocenters. The molecular formula is C15H13ClN2O. The number of rotatable bonds is 4. The van der Waals surface area contributed by atoms with Gasteiger partial charge in [-0.1, -0.05) is 41.9 Å². The third-order valence-corrected chi connectivity index (χ3v) is 3.10. The Morgan fingerprint density at radius 3 is 2.53 bits per heavy atom. The van der Waals surface area contributed by atoms with E-state index < -0.39 is 6.04 Å². The van der Waals surface area contributed by atoms with Gasteiger partial charge in [0.25, 0.3) is 0 Å². The lowest BCUT2D eigenvalue weighted by molar-refractivity contribution is 0.416. The maximum absolute atomic E-state index is 9.32. The monoisotopic (exact) mass is 272 g/mol. The van der Waals surface area contributed by atoms with Gasteiger partial charge in [-0.05, 0) is 18.2 Å². The Bertz CT molecular complexity index is 607. The van der Waals surface area contributed by atoms with E-state index in [-0.39, 0.29) is 0 Å². The van der Waals surface area contributed by atoms with E-state index in [0.29, 0.717) is 10.8 Å². The molecule has 0 fully saturated rings. The largest absolute Gasteiger partial charge is 0.495 e. The summed E-state index contributed by atoms with van der Waals surface area (Å²) >= 11 is 6.12. The second kappa shape index (κ2) is 6.12. The number of nitrogens with zero attached hydrogens (tertiary/aromatic N) is 1. The summed E-state index contributed by atoms with van der Waals surface area (Å²) in [5, 5.41) is 13.0. The second-order valence-electron chi connectivity index (χ2n) is 3.93. The summed E-state index contributed by atoms with van der Waals surface area (Å²) < 4.78 is 5.25. The van der Waals surface area contributed by atoms with Crippen molar-refractivity contribution in [3.8, 4) is 11.8 Å². The van der Waals surface area contributed by atoms with E-state index in [0.717, 1.165) is 11.3 Å². The molecule has 96 valence electrons. The third-order valence-electron chi connectivity index (χ3n) is 2.75. The van der Waals surface area contributed by atoms with E-state index in [9.17, 15) is 5.26 Å². The highest BCUT2D eigenvalue weighted by molar-refractivity contribution is 6.31. The fourth-order valence-corrected chi connectivity index (χ4v) is 2.05. The van der Waals surface area contributed by atoms with Crippen molar-refractivity contribution in [2.24, 2.45) is 0 Å². The number of anilines is 1. The highest BCUT2D eigenvalue weighted by atomic mass is 35.5. The molecule has 0 radical (unpaired) electrons. The van der Waals surface area contributed by atoms with Crippen LogP contribution >= 0.6 is 11.6 Å². The van der Waals surface area contributed by atoms with Crippen LogP contribution in [0.15, 0.2) is 48.5 Å². The Balaban J connectivity index is 2.30. The molecule has 2 aromatic carbocycles. The quantitative estimate of drug-likeness (QED) is 0.914. The zero-order chi connectivity index (χ0) is 13.7. The minimum atomic E-state index is -0.523. The van der Waals surface area contributed by atoms with Crippen LogP contribution in [-0.2, 0) is 0 Å². The van der Waals surface area contributed by atoms with Crippen LogP contribution in [0, 0.1) is 11.3 Å². The molecule has 3 nitrogen and oxygen atoms in total. The van der Waals surface area contributed by atoms with Gasteiger partial charge in [0.1, 0.15) is 11.8 Å². The Hall–Kier alpha value is -2.18. The molecule has 2 aromatic rings. The van der Waals surface area contributed by atoms with Crippen molar-refractivity contribution in [1.29, 1.82) is 5.26 Å². The Morgan fingerprint density at radius 1 is 1.16 bits per heavy atom. The second-order valence-corrected chi connectivity index (χ2v) is 4.34. The summed E-state index contributed by atoms with van der Waals surface area (Å²) in [4.78, 5) is 0. The smallest absolute Gasteiger partial charge is 0.141 e. The van der Waals surface area contributed by atoms with Gasteiger partial charge in [-0.3, -0.25) is 0 Å². The Labute approximate surface area is 117 Å². The molecule has 0 heterocycles. The van der Waals surface area contributed by atoms with Crippen molar-refractivity contribution in [3.05, 3.63) is 59.1 Å². The van der Waals surface area contributed by atoms with Crippen molar-refractivity contribution >= 4 is 17.3 Å². The van der Waals surface area contributed by atoms with Crippen molar-refractivity contribution in [2.45, 2.75) is 6.04 Å². The first kappa shape index (κ1) is 13.3. The highest BCUT2D eigenvalue weighted by Gasteiger charge is 2.15. The van der Waals surface area contributed by atoms with Gasteiger partial charge in [0, 0.05) is 10.6 Å². The predicted molar refractivity (Wildman–Crippen MR) is 76.4 cm³/mol. The van der Waals surface area contributed by atoms with Crippen LogP contribution in [-0.4, -0.2) is 7.11 Å². The van der Waals surface area contributed by atoms with Gasteiger partial charge in [-0.25, -0.2) is 0 Å². The zero-order valence-electron chi connectivity index (χ0n) is 10.4. The molecule has 0 saturated carbocycles. The van der Waals surface area contributed by atoms with Gasteiger partial charge in [-0.2, -0.15) is 5.26 Å². The van der Waals surface area contributed by atoms with Crippen LogP contribution in [0.5, 0.6) is 5.75 Å². The minimum absolute atomic E-state index is 0.523. The predicted octanol–water partition coefficient (Wildman–Crippen LogP) is 4.03. The average Bonchev–Trinajstić information content (AvgIpc) is 2.46. The Morgan fingerprint density at radius 2 is 1.84 bits per heavy atom. The number of nitriles is 1. The van der Waals surface area contributed by atoms with Gasteiger partial charge < -0.3 is 10.1 Å².